The predicted molar refractivity (Wildman–Crippen MR) is 167 cm³/mol. The van der Waals surface area contributed by atoms with E-state index in [9.17, 15) is 14.7 Å². The number of carboxylic acids is 1. The van der Waals surface area contributed by atoms with Crippen LogP contribution in [0.25, 0.3) is 5.69 Å². The molecule has 9 nitrogen and oxygen atoms in total. The summed E-state index contributed by atoms with van der Waals surface area (Å²) in [5.41, 5.74) is 6.85. The number of nitrogens with one attached hydrogen (secondary N) is 2. The molecule has 4 aromatic rings. The number of hydrogen-bond donors (Lipinski definition) is 3. The Balaban J connectivity index is 1.63. The highest BCUT2D eigenvalue weighted by atomic mass is 35.5. The molecule has 1 amide bonds. The monoisotopic (exact) mass is 603 g/mol. The molecule has 1 saturated heterocycles. The molecule has 0 unspecified atom stereocenters. The van der Waals surface area contributed by atoms with Gasteiger partial charge in [-0.2, -0.15) is 0 Å². The highest BCUT2D eigenvalue weighted by molar-refractivity contribution is 7.80. The highest BCUT2D eigenvalue weighted by Gasteiger charge is 2.42. The first-order chi connectivity index (χ1) is 20.1. The van der Waals surface area contributed by atoms with Crippen LogP contribution < -0.4 is 15.5 Å². The number of carboxylic acid groups (broad SMARTS) is 1. The number of carbonyl (C=O) groups is 2. The number of halogens is 1. The largest absolute Gasteiger partial charge is 0.478 e. The Labute approximate surface area is 254 Å². The molecule has 1 aliphatic heterocycles. The number of nitrogens with zero attached hydrogens (tertiary/aromatic N) is 3. The van der Waals surface area contributed by atoms with Crippen molar-refractivity contribution in [2.24, 2.45) is 0 Å². The van der Waals surface area contributed by atoms with Gasteiger partial charge in [-0.3, -0.25) is 9.78 Å². The van der Waals surface area contributed by atoms with Gasteiger partial charge in [-0.25, -0.2) is 4.79 Å². The molecule has 42 heavy (non-hydrogen) atoms. The molecule has 2 aromatic carbocycles. The topological polar surface area (TPSA) is 109 Å². The standard InChI is InChI=1S/C31H30ClN5O4S/c1-17-8-9-20(30(39)40)14-26(17)36-18(2)13-22(19(36)3)29-28(25-7-5-6-12-33-25)35-31(42)37(29)21-10-11-24(23(32)15-21)34-27(38)16-41-4/h5-15,28-29H,16H2,1-4H3,(H,34,38)(H,35,42)(H,39,40)/t28-,29-/m1/s1. The van der Waals surface area contributed by atoms with E-state index < -0.39 is 5.97 Å². The maximum Gasteiger partial charge on any atom is 0.335 e. The van der Waals surface area contributed by atoms with Crippen molar-refractivity contribution in [2.75, 3.05) is 23.9 Å². The number of carbonyl (C=O) groups excluding carboxylic acids is 1. The number of benzene rings is 2. The molecule has 0 aliphatic carbocycles. The Morgan fingerprint density at radius 2 is 1.90 bits per heavy atom. The van der Waals surface area contributed by atoms with Crippen molar-refractivity contribution in [3.63, 3.8) is 0 Å². The summed E-state index contributed by atoms with van der Waals surface area (Å²) in [6.07, 6.45) is 1.75. The fourth-order valence-corrected chi connectivity index (χ4v) is 6.03. The molecule has 0 radical (unpaired) electrons. The minimum absolute atomic E-state index is 0.0868. The van der Waals surface area contributed by atoms with Crippen LogP contribution in [0.5, 0.6) is 0 Å². The van der Waals surface area contributed by atoms with Gasteiger partial charge in [-0.05, 0) is 92.6 Å². The maximum atomic E-state index is 12.1. The first-order valence-corrected chi connectivity index (χ1v) is 14.0. The third-order valence-corrected chi connectivity index (χ3v) is 7.99. The van der Waals surface area contributed by atoms with Crippen LogP contribution in [-0.2, 0) is 9.53 Å². The lowest BCUT2D eigenvalue weighted by Crippen LogP contribution is -2.29. The van der Waals surface area contributed by atoms with E-state index in [0.29, 0.717) is 15.8 Å². The van der Waals surface area contributed by atoms with Crippen LogP contribution >= 0.6 is 23.8 Å². The summed E-state index contributed by atoms with van der Waals surface area (Å²) in [6, 6.07) is 17.7. The average Bonchev–Trinajstić information content (AvgIpc) is 3.45. The van der Waals surface area contributed by atoms with E-state index in [-0.39, 0.29) is 30.2 Å². The third kappa shape index (κ3) is 5.48. The summed E-state index contributed by atoms with van der Waals surface area (Å²) in [5, 5.41) is 16.7. The number of methoxy groups -OCH3 is 1. The lowest BCUT2D eigenvalue weighted by molar-refractivity contribution is -0.119. The zero-order chi connectivity index (χ0) is 30.1. The van der Waals surface area contributed by atoms with Gasteiger partial charge in [0.15, 0.2) is 5.11 Å². The predicted octanol–water partition coefficient (Wildman–Crippen LogP) is 5.91. The van der Waals surface area contributed by atoms with Gasteiger partial charge in [0.25, 0.3) is 0 Å². The quantitative estimate of drug-likeness (QED) is 0.213. The minimum Gasteiger partial charge on any atom is -0.478 e. The molecule has 1 fully saturated rings. The number of rotatable bonds is 8. The molecule has 2 aromatic heterocycles. The van der Waals surface area contributed by atoms with Crippen LogP contribution in [0.2, 0.25) is 5.02 Å². The van der Waals surface area contributed by atoms with Crippen LogP contribution in [0.4, 0.5) is 11.4 Å². The van der Waals surface area contributed by atoms with Crippen molar-refractivity contribution in [3.05, 3.63) is 106 Å². The van der Waals surface area contributed by atoms with Crippen molar-refractivity contribution in [2.45, 2.75) is 32.9 Å². The van der Waals surface area contributed by atoms with Crippen LogP contribution in [0.3, 0.4) is 0 Å². The van der Waals surface area contributed by atoms with Gasteiger partial charge >= 0.3 is 5.97 Å². The molecule has 1 aliphatic rings. The van der Waals surface area contributed by atoms with Crippen molar-refractivity contribution in [3.8, 4) is 5.69 Å². The number of aromatic nitrogens is 2. The van der Waals surface area contributed by atoms with Crippen LogP contribution in [0, 0.1) is 20.8 Å². The van der Waals surface area contributed by atoms with Crippen molar-refractivity contribution in [1.82, 2.24) is 14.9 Å². The van der Waals surface area contributed by atoms with E-state index in [4.69, 9.17) is 28.6 Å². The SMILES string of the molecule is COCC(=O)Nc1ccc(N2C(=S)N[C@H](c3ccccn3)[C@H]2c2cc(C)n(-c3cc(C(=O)O)ccc3C)c2C)cc1Cl. The molecule has 0 spiro atoms. The van der Waals surface area contributed by atoms with Crippen LogP contribution in [0.1, 0.15) is 50.7 Å². The number of aromatic carboxylic acids is 1. The summed E-state index contributed by atoms with van der Waals surface area (Å²) < 4.78 is 6.98. The first-order valence-electron chi connectivity index (χ1n) is 13.2. The molecule has 2 atom stereocenters. The molecule has 3 N–H and O–H groups in total. The van der Waals surface area contributed by atoms with Crippen molar-refractivity contribution in [1.29, 1.82) is 0 Å². The lowest BCUT2D eigenvalue weighted by Gasteiger charge is -2.28. The molecule has 5 rings (SSSR count). The number of anilines is 2. The summed E-state index contributed by atoms with van der Waals surface area (Å²) in [4.78, 5) is 30.5. The minimum atomic E-state index is -0.982. The molecule has 3 heterocycles. The van der Waals surface area contributed by atoms with Gasteiger partial charge in [0.2, 0.25) is 5.91 Å². The van der Waals surface area contributed by atoms with Gasteiger partial charge in [-0.1, -0.05) is 23.7 Å². The molecule has 0 bridgehead atoms. The number of hydrogen-bond acceptors (Lipinski definition) is 5. The Hall–Kier alpha value is -4.25. The number of thiocarbonyl (C=S) groups is 1. The summed E-state index contributed by atoms with van der Waals surface area (Å²) in [5.74, 6) is -1.29. The number of ether oxygens (including phenoxy) is 1. The Bertz CT molecular complexity index is 1690. The van der Waals surface area contributed by atoms with E-state index >= 15 is 0 Å². The highest BCUT2D eigenvalue weighted by Crippen LogP contribution is 2.45. The number of aryl methyl sites for hydroxylation is 2. The second-order valence-corrected chi connectivity index (χ2v) is 10.9. The maximum absolute atomic E-state index is 12.1. The van der Waals surface area contributed by atoms with Gasteiger partial charge < -0.3 is 29.9 Å². The molecule has 0 saturated carbocycles. The van der Waals surface area contributed by atoms with Crippen LogP contribution in [0.15, 0.2) is 66.9 Å². The molecule has 216 valence electrons. The van der Waals surface area contributed by atoms with E-state index in [1.165, 1.54) is 7.11 Å². The summed E-state index contributed by atoms with van der Waals surface area (Å²) >= 11 is 12.5. The summed E-state index contributed by atoms with van der Waals surface area (Å²) in [6.45, 7) is 5.89. The fourth-order valence-electron chi connectivity index (χ4n) is 5.46. The van der Waals surface area contributed by atoms with Gasteiger partial charge in [0.05, 0.1) is 34.1 Å². The van der Waals surface area contributed by atoms with Crippen molar-refractivity contribution < 1.29 is 19.4 Å². The second kappa shape index (κ2) is 11.9. The fraction of sp³-hybridized carbons (Fsp3) is 0.226. The van der Waals surface area contributed by atoms with Gasteiger partial charge in [0.1, 0.15) is 6.61 Å². The zero-order valence-corrected chi connectivity index (χ0v) is 25.1. The summed E-state index contributed by atoms with van der Waals surface area (Å²) in [7, 11) is 1.45. The van der Waals surface area contributed by atoms with Gasteiger partial charge in [0, 0.05) is 36.1 Å². The number of pyridine rings is 1. The smallest absolute Gasteiger partial charge is 0.335 e. The average molecular weight is 604 g/mol. The third-order valence-electron chi connectivity index (χ3n) is 7.36. The van der Waals surface area contributed by atoms with Crippen LogP contribution in [-0.4, -0.2) is 45.4 Å². The molecular formula is C31H30ClN5O4S. The van der Waals surface area contributed by atoms with Gasteiger partial charge in [-0.15, -0.1) is 0 Å². The van der Waals surface area contributed by atoms with Crippen molar-refractivity contribution >= 4 is 52.2 Å². The van der Waals surface area contributed by atoms with E-state index in [2.05, 4.69) is 26.3 Å². The Kier molecular flexibility index (Phi) is 8.31. The Morgan fingerprint density at radius 3 is 2.57 bits per heavy atom. The van der Waals surface area contributed by atoms with E-state index in [1.807, 2.05) is 56.0 Å². The molecular weight excluding hydrogens is 574 g/mol. The Morgan fingerprint density at radius 1 is 1.12 bits per heavy atom. The first kappa shape index (κ1) is 29.2. The zero-order valence-electron chi connectivity index (χ0n) is 23.5. The number of amides is 1. The normalized spacial score (nSPS) is 16.4. The van der Waals surface area contributed by atoms with E-state index in [0.717, 1.165) is 39.6 Å². The van der Waals surface area contributed by atoms with E-state index in [1.54, 1.807) is 30.5 Å². The second-order valence-electron chi connectivity index (χ2n) is 10.1. The molecule has 11 heteroatoms. The lowest BCUT2D eigenvalue weighted by atomic mass is 9.96.